The fourth-order valence-corrected chi connectivity index (χ4v) is 2.28. The third-order valence-corrected chi connectivity index (χ3v) is 3.06. The first-order valence-electron chi connectivity index (χ1n) is 4.97. The summed E-state index contributed by atoms with van der Waals surface area (Å²) in [6.07, 6.45) is 2.49. The van der Waals surface area contributed by atoms with Crippen molar-refractivity contribution in [2.45, 2.75) is 24.9 Å². The van der Waals surface area contributed by atoms with E-state index in [2.05, 4.69) is 23.0 Å². The van der Waals surface area contributed by atoms with Gasteiger partial charge < -0.3 is 4.98 Å². The summed E-state index contributed by atoms with van der Waals surface area (Å²) in [6, 6.07) is 8.15. The first kappa shape index (κ1) is 12.6. The van der Waals surface area contributed by atoms with Gasteiger partial charge in [0, 0.05) is 5.75 Å². The number of halogens is 1. The molecular formula is C11H15BrN2S. The number of H-pyrrole nitrogens is 1. The second kappa shape index (κ2) is 6.18. The number of para-hydroxylation sites is 2. The van der Waals surface area contributed by atoms with E-state index >= 15 is 0 Å². The van der Waals surface area contributed by atoms with E-state index in [1.165, 1.54) is 12.8 Å². The molecule has 0 bridgehead atoms. The van der Waals surface area contributed by atoms with E-state index in [9.17, 15) is 0 Å². The first-order chi connectivity index (χ1) is 6.90. The fraction of sp³-hybridized carbons (Fsp3) is 0.364. The second-order valence-corrected chi connectivity index (χ2v) is 4.34. The van der Waals surface area contributed by atoms with E-state index < -0.39 is 0 Å². The molecule has 1 heterocycles. The number of fused-ring (bicyclic) bond motifs is 1. The van der Waals surface area contributed by atoms with Crippen molar-refractivity contribution in [2.75, 3.05) is 5.75 Å². The van der Waals surface area contributed by atoms with Crippen LogP contribution in [0.25, 0.3) is 11.0 Å². The summed E-state index contributed by atoms with van der Waals surface area (Å²) in [4.78, 5) is 7.80. The molecule has 0 radical (unpaired) electrons. The van der Waals surface area contributed by atoms with Crippen LogP contribution >= 0.6 is 28.7 Å². The second-order valence-electron chi connectivity index (χ2n) is 3.26. The van der Waals surface area contributed by atoms with Crippen LogP contribution in [0.2, 0.25) is 0 Å². The van der Waals surface area contributed by atoms with Crippen LogP contribution in [-0.4, -0.2) is 15.7 Å². The average Bonchev–Trinajstić information content (AvgIpc) is 2.60. The number of aromatic nitrogens is 2. The maximum absolute atomic E-state index is 4.49. The van der Waals surface area contributed by atoms with Crippen LogP contribution in [0.15, 0.2) is 29.4 Å². The van der Waals surface area contributed by atoms with Crippen LogP contribution in [0.3, 0.4) is 0 Å². The summed E-state index contributed by atoms with van der Waals surface area (Å²) in [5, 5.41) is 1.04. The number of imidazole rings is 1. The van der Waals surface area contributed by atoms with Crippen LogP contribution in [-0.2, 0) is 0 Å². The standard InChI is InChI=1S/C11H14N2S.BrH/c1-2-3-8-14-11-12-9-6-4-5-7-10(9)13-11;/h4-7H,2-3,8H2,1H3,(H,12,13);1H. The molecular weight excluding hydrogens is 272 g/mol. The molecule has 82 valence electrons. The summed E-state index contributed by atoms with van der Waals surface area (Å²) in [6.45, 7) is 2.21. The quantitative estimate of drug-likeness (QED) is 0.679. The molecule has 0 unspecified atom stereocenters. The summed E-state index contributed by atoms with van der Waals surface area (Å²) in [5.74, 6) is 1.15. The number of nitrogens with zero attached hydrogens (tertiary/aromatic N) is 1. The number of hydrogen-bond donors (Lipinski definition) is 1. The highest BCUT2D eigenvalue weighted by Gasteiger charge is 2.00. The van der Waals surface area contributed by atoms with E-state index in [0.717, 1.165) is 21.9 Å². The Balaban J connectivity index is 0.00000112. The van der Waals surface area contributed by atoms with E-state index in [1.54, 1.807) is 11.8 Å². The van der Waals surface area contributed by atoms with Gasteiger partial charge in [-0.2, -0.15) is 0 Å². The smallest absolute Gasteiger partial charge is 0.166 e. The van der Waals surface area contributed by atoms with Crippen molar-refractivity contribution in [2.24, 2.45) is 0 Å². The summed E-state index contributed by atoms with van der Waals surface area (Å²) >= 11 is 1.80. The Morgan fingerprint density at radius 1 is 1.33 bits per heavy atom. The Hall–Kier alpha value is -0.480. The highest BCUT2D eigenvalue weighted by Crippen LogP contribution is 2.19. The molecule has 0 aliphatic rings. The molecule has 0 fully saturated rings. The molecule has 1 aromatic heterocycles. The Bertz CT molecular complexity index is 381. The molecule has 0 amide bonds. The Morgan fingerprint density at radius 3 is 2.87 bits per heavy atom. The Labute approximate surface area is 105 Å². The molecule has 0 atom stereocenters. The monoisotopic (exact) mass is 286 g/mol. The maximum atomic E-state index is 4.49. The molecule has 0 spiro atoms. The number of nitrogens with one attached hydrogen (secondary N) is 1. The first-order valence-corrected chi connectivity index (χ1v) is 5.96. The maximum Gasteiger partial charge on any atom is 0.166 e. The topological polar surface area (TPSA) is 28.7 Å². The van der Waals surface area contributed by atoms with Gasteiger partial charge in [0.2, 0.25) is 0 Å². The number of hydrogen-bond acceptors (Lipinski definition) is 2. The lowest BCUT2D eigenvalue weighted by Gasteiger charge is -1.93. The van der Waals surface area contributed by atoms with Crippen molar-refractivity contribution in [1.29, 1.82) is 0 Å². The van der Waals surface area contributed by atoms with Crippen molar-refractivity contribution in [3.8, 4) is 0 Å². The van der Waals surface area contributed by atoms with Gasteiger partial charge in [0.25, 0.3) is 0 Å². The van der Waals surface area contributed by atoms with Crippen molar-refractivity contribution in [1.82, 2.24) is 9.97 Å². The van der Waals surface area contributed by atoms with Gasteiger partial charge >= 0.3 is 0 Å². The van der Waals surface area contributed by atoms with E-state index in [0.29, 0.717) is 0 Å². The van der Waals surface area contributed by atoms with E-state index in [1.807, 2.05) is 18.2 Å². The number of unbranched alkanes of at least 4 members (excludes halogenated alkanes) is 1. The van der Waals surface area contributed by atoms with Crippen molar-refractivity contribution < 1.29 is 0 Å². The van der Waals surface area contributed by atoms with Gasteiger partial charge in [-0.3, -0.25) is 0 Å². The molecule has 1 N–H and O–H groups in total. The third kappa shape index (κ3) is 3.24. The average molecular weight is 287 g/mol. The molecule has 0 aliphatic carbocycles. The zero-order chi connectivity index (χ0) is 9.80. The van der Waals surface area contributed by atoms with Crippen LogP contribution in [0.1, 0.15) is 19.8 Å². The summed E-state index contributed by atoms with van der Waals surface area (Å²) in [7, 11) is 0. The molecule has 0 saturated heterocycles. The lowest BCUT2D eigenvalue weighted by atomic mass is 10.3. The van der Waals surface area contributed by atoms with Crippen molar-refractivity contribution in [3.63, 3.8) is 0 Å². The lowest BCUT2D eigenvalue weighted by molar-refractivity contribution is 0.893. The van der Waals surface area contributed by atoms with Gasteiger partial charge in [-0.25, -0.2) is 4.98 Å². The predicted molar refractivity (Wildman–Crippen MR) is 72.0 cm³/mol. The van der Waals surface area contributed by atoms with E-state index in [-0.39, 0.29) is 17.0 Å². The number of thioether (sulfide) groups is 1. The van der Waals surface area contributed by atoms with E-state index in [4.69, 9.17) is 0 Å². The zero-order valence-electron chi connectivity index (χ0n) is 8.69. The Morgan fingerprint density at radius 2 is 2.13 bits per heavy atom. The molecule has 2 rings (SSSR count). The van der Waals surface area contributed by atoms with Gasteiger partial charge in [0.1, 0.15) is 0 Å². The number of benzene rings is 1. The summed E-state index contributed by atoms with van der Waals surface area (Å²) < 4.78 is 0. The molecule has 2 aromatic rings. The predicted octanol–water partition coefficient (Wildman–Crippen LogP) is 4.03. The molecule has 2 nitrogen and oxygen atoms in total. The lowest BCUT2D eigenvalue weighted by Crippen LogP contribution is -1.79. The van der Waals surface area contributed by atoms with Gasteiger partial charge in [0.15, 0.2) is 5.16 Å². The number of aromatic amines is 1. The minimum Gasteiger partial charge on any atom is -0.333 e. The largest absolute Gasteiger partial charge is 0.333 e. The molecule has 0 aliphatic heterocycles. The Kier molecular flexibility index (Phi) is 5.19. The van der Waals surface area contributed by atoms with Crippen LogP contribution in [0, 0.1) is 0 Å². The molecule has 15 heavy (non-hydrogen) atoms. The van der Waals surface area contributed by atoms with Crippen molar-refractivity contribution >= 4 is 39.8 Å². The minimum atomic E-state index is 0. The van der Waals surface area contributed by atoms with Crippen molar-refractivity contribution in [3.05, 3.63) is 24.3 Å². The van der Waals surface area contributed by atoms with Crippen LogP contribution < -0.4 is 0 Å². The highest BCUT2D eigenvalue weighted by atomic mass is 79.9. The SMILES string of the molecule is Br.CCCCSc1nc2ccccc2[nH]1. The highest BCUT2D eigenvalue weighted by molar-refractivity contribution is 8.93. The molecule has 0 saturated carbocycles. The van der Waals surface area contributed by atoms with Crippen LogP contribution in [0.5, 0.6) is 0 Å². The van der Waals surface area contributed by atoms with Gasteiger partial charge in [-0.15, -0.1) is 17.0 Å². The summed E-state index contributed by atoms with van der Waals surface area (Å²) in [5.41, 5.74) is 2.19. The van der Waals surface area contributed by atoms with Gasteiger partial charge in [0.05, 0.1) is 11.0 Å². The van der Waals surface area contributed by atoms with Crippen LogP contribution in [0.4, 0.5) is 0 Å². The van der Waals surface area contributed by atoms with Gasteiger partial charge in [-0.05, 0) is 18.6 Å². The minimum absolute atomic E-state index is 0. The molecule has 4 heteroatoms. The normalized spacial score (nSPS) is 10.2. The number of rotatable bonds is 4. The third-order valence-electron chi connectivity index (χ3n) is 2.10. The van der Waals surface area contributed by atoms with Gasteiger partial charge in [-0.1, -0.05) is 37.2 Å². The molecule has 1 aromatic carbocycles. The fourth-order valence-electron chi connectivity index (χ4n) is 1.31. The zero-order valence-corrected chi connectivity index (χ0v) is 11.2.